The van der Waals surface area contributed by atoms with Gasteiger partial charge in [-0.05, 0) is 33.1 Å². The third-order valence-corrected chi connectivity index (χ3v) is 5.95. The second-order valence-electron chi connectivity index (χ2n) is 6.75. The lowest BCUT2D eigenvalue weighted by molar-refractivity contribution is -0.145. The quantitative estimate of drug-likeness (QED) is 0.375. The highest BCUT2D eigenvalue weighted by Crippen LogP contribution is 2.67. The first-order valence-electron chi connectivity index (χ1n) is 7.06. The Morgan fingerprint density at radius 1 is 1.44 bits per heavy atom. The standard InChI is InChI=1S/C15H20O3/c1-8-4-7-15-11(8)12-10(9(2)13(16)17-12)5-6-14(15,3)18-15/h4,9-12H,5-7H2,1-3H3/t9-,10+,11-,12-,14-,15+/m1/s1. The summed E-state index contributed by atoms with van der Waals surface area (Å²) in [6.45, 7) is 6.43. The topological polar surface area (TPSA) is 38.8 Å². The molecule has 98 valence electrons. The van der Waals surface area contributed by atoms with Gasteiger partial charge in [-0.1, -0.05) is 18.6 Å². The number of hydrogen-bond acceptors (Lipinski definition) is 3. The van der Waals surface area contributed by atoms with Crippen molar-refractivity contribution in [1.29, 1.82) is 0 Å². The van der Waals surface area contributed by atoms with Crippen molar-refractivity contribution in [2.45, 2.75) is 57.3 Å². The molecule has 2 aliphatic heterocycles. The van der Waals surface area contributed by atoms with Crippen LogP contribution >= 0.6 is 0 Å². The van der Waals surface area contributed by atoms with Gasteiger partial charge in [-0.15, -0.1) is 0 Å². The normalized spacial score (nSPS) is 57.1. The molecule has 18 heavy (non-hydrogen) atoms. The van der Waals surface area contributed by atoms with Crippen LogP contribution in [-0.4, -0.2) is 23.3 Å². The monoisotopic (exact) mass is 248 g/mol. The minimum Gasteiger partial charge on any atom is -0.461 e. The predicted octanol–water partition coefficient (Wildman–Crippen LogP) is 2.45. The second-order valence-corrected chi connectivity index (χ2v) is 6.75. The van der Waals surface area contributed by atoms with E-state index in [9.17, 15) is 4.79 Å². The van der Waals surface area contributed by atoms with Gasteiger partial charge in [0, 0.05) is 11.8 Å². The van der Waals surface area contributed by atoms with E-state index in [2.05, 4.69) is 19.9 Å². The predicted molar refractivity (Wildman–Crippen MR) is 65.9 cm³/mol. The van der Waals surface area contributed by atoms with Gasteiger partial charge in [0.15, 0.2) is 0 Å². The Hall–Kier alpha value is -0.830. The van der Waals surface area contributed by atoms with Gasteiger partial charge in [0.25, 0.3) is 0 Å². The van der Waals surface area contributed by atoms with E-state index in [-0.39, 0.29) is 29.2 Å². The summed E-state index contributed by atoms with van der Waals surface area (Å²) < 4.78 is 11.9. The highest BCUT2D eigenvalue weighted by Gasteiger charge is 2.75. The first-order valence-corrected chi connectivity index (χ1v) is 7.06. The summed E-state index contributed by atoms with van der Waals surface area (Å²) in [5.41, 5.74) is 1.32. The maximum absolute atomic E-state index is 11.9. The molecule has 0 aromatic carbocycles. The van der Waals surface area contributed by atoms with Crippen LogP contribution in [0.4, 0.5) is 0 Å². The number of esters is 1. The molecule has 3 fully saturated rings. The number of hydrogen-bond donors (Lipinski definition) is 0. The molecule has 6 atom stereocenters. The molecule has 1 saturated carbocycles. The van der Waals surface area contributed by atoms with Crippen molar-refractivity contribution in [2.75, 3.05) is 0 Å². The van der Waals surface area contributed by atoms with E-state index < -0.39 is 0 Å². The van der Waals surface area contributed by atoms with Crippen LogP contribution < -0.4 is 0 Å². The fraction of sp³-hybridized carbons (Fsp3) is 0.800. The lowest BCUT2D eigenvalue weighted by Crippen LogP contribution is -2.37. The van der Waals surface area contributed by atoms with E-state index in [0.29, 0.717) is 11.8 Å². The Bertz CT molecular complexity index is 468. The summed E-state index contributed by atoms with van der Waals surface area (Å²) in [5.74, 6) is 0.726. The molecule has 0 radical (unpaired) electrons. The van der Waals surface area contributed by atoms with E-state index >= 15 is 0 Å². The zero-order chi connectivity index (χ0) is 12.7. The zero-order valence-electron chi connectivity index (χ0n) is 11.2. The van der Waals surface area contributed by atoms with Crippen molar-refractivity contribution in [3.63, 3.8) is 0 Å². The molecule has 4 rings (SSSR count). The molecule has 0 bridgehead atoms. The number of carbonyl (C=O) groups is 1. The Morgan fingerprint density at radius 2 is 2.22 bits per heavy atom. The Balaban J connectivity index is 1.78. The fourth-order valence-electron chi connectivity index (χ4n) is 4.71. The summed E-state index contributed by atoms with van der Waals surface area (Å²) in [6.07, 6.45) is 5.45. The van der Waals surface area contributed by atoms with Crippen LogP contribution in [0.2, 0.25) is 0 Å². The molecule has 0 aromatic heterocycles. The first kappa shape index (κ1) is 11.0. The van der Waals surface area contributed by atoms with Gasteiger partial charge in [0.2, 0.25) is 0 Å². The van der Waals surface area contributed by atoms with Crippen LogP contribution in [0, 0.1) is 17.8 Å². The van der Waals surface area contributed by atoms with Crippen LogP contribution in [0.25, 0.3) is 0 Å². The molecule has 0 N–H and O–H groups in total. The van der Waals surface area contributed by atoms with Gasteiger partial charge in [-0.25, -0.2) is 0 Å². The molecule has 0 amide bonds. The summed E-state index contributed by atoms with van der Waals surface area (Å²) in [7, 11) is 0. The van der Waals surface area contributed by atoms with Gasteiger partial charge in [-0.2, -0.15) is 0 Å². The maximum Gasteiger partial charge on any atom is 0.309 e. The van der Waals surface area contributed by atoms with Crippen LogP contribution in [0.1, 0.15) is 40.0 Å². The molecule has 2 heterocycles. The summed E-state index contributed by atoms with van der Waals surface area (Å²) in [4.78, 5) is 11.9. The van der Waals surface area contributed by atoms with E-state index in [1.54, 1.807) is 0 Å². The van der Waals surface area contributed by atoms with Crippen molar-refractivity contribution in [2.24, 2.45) is 17.8 Å². The van der Waals surface area contributed by atoms with Gasteiger partial charge >= 0.3 is 5.97 Å². The number of rotatable bonds is 0. The van der Waals surface area contributed by atoms with Crippen molar-refractivity contribution < 1.29 is 14.3 Å². The number of carbonyl (C=O) groups excluding carboxylic acids is 1. The second kappa shape index (κ2) is 3.01. The summed E-state index contributed by atoms with van der Waals surface area (Å²) in [6, 6.07) is 0. The highest BCUT2D eigenvalue weighted by molar-refractivity contribution is 5.75. The molecule has 2 aliphatic carbocycles. The van der Waals surface area contributed by atoms with E-state index in [1.165, 1.54) is 5.57 Å². The molecule has 0 unspecified atom stereocenters. The Morgan fingerprint density at radius 3 is 3.00 bits per heavy atom. The number of fused-ring (bicyclic) bond motifs is 2. The molecule has 0 aromatic rings. The van der Waals surface area contributed by atoms with Crippen LogP contribution in [-0.2, 0) is 14.3 Å². The number of ether oxygens (including phenoxy) is 2. The maximum atomic E-state index is 11.9. The van der Waals surface area contributed by atoms with Crippen molar-refractivity contribution in [3.8, 4) is 0 Å². The molecule has 3 heteroatoms. The molecule has 2 saturated heterocycles. The minimum absolute atomic E-state index is 0.0101. The number of epoxide rings is 1. The zero-order valence-corrected chi connectivity index (χ0v) is 11.2. The summed E-state index contributed by atoms with van der Waals surface area (Å²) >= 11 is 0. The highest BCUT2D eigenvalue weighted by atomic mass is 16.6. The van der Waals surface area contributed by atoms with Gasteiger partial charge in [0.1, 0.15) is 11.7 Å². The lowest BCUT2D eigenvalue weighted by Gasteiger charge is -2.27. The molecular formula is C15H20O3. The SMILES string of the molecule is CC1=CC[C@@]23O[C@]2(C)CC[C@@H]2[C@@H](OC(=O)[C@@H]2C)[C@@H]13. The van der Waals surface area contributed by atoms with Gasteiger partial charge in [0.05, 0.1) is 11.5 Å². The smallest absolute Gasteiger partial charge is 0.309 e. The van der Waals surface area contributed by atoms with Crippen LogP contribution in [0.15, 0.2) is 11.6 Å². The van der Waals surface area contributed by atoms with E-state index in [0.717, 1.165) is 19.3 Å². The third kappa shape index (κ3) is 1.04. The fourth-order valence-corrected chi connectivity index (χ4v) is 4.71. The molecule has 4 aliphatic rings. The van der Waals surface area contributed by atoms with Crippen molar-refractivity contribution >= 4 is 5.97 Å². The Kier molecular flexibility index (Phi) is 1.84. The third-order valence-electron chi connectivity index (χ3n) is 5.95. The van der Waals surface area contributed by atoms with E-state index in [4.69, 9.17) is 9.47 Å². The van der Waals surface area contributed by atoms with Gasteiger partial charge in [-0.3, -0.25) is 4.79 Å². The lowest BCUT2D eigenvalue weighted by atomic mass is 9.77. The largest absolute Gasteiger partial charge is 0.461 e. The van der Waals surface area contributed by atoms with Crippen molar-refractivity contribution in [3.05, 3.63) is 11.6 Å². The van der Waals surface area contributed by atoms with Gasteiger partial charge < -0.3 is 9.47 Å². The molecular weight excluding hydrogens is 228 g/mol. The average Bonchev–Trinajstić information content (AvgIpc) is 2.65. The molecule has 3 nitrogen and oxygen atoms in total. The van der Waals surface area contributed by atoms with Crippen LogP contribution in [0.5, 0.6) is 0 Å². The molecule has 1 spiro atoms. The van der Waals surface area contributed by atoms with E-state index in [1.807, 2.05) is 6.92 Å². The average molecular weight is 248 g/mol. The minimum atomic E-state index is -0.0547. The first-order chi connectivity index (χ1) is 8.48. The van der Waals surface area contributed by atoms with Crippen LogP contribution in [0.3, 0.4) is 0 Å². The Labute approximate surface area is 108 Å². The summed E-state index contributed by atoms with van der Waals surface area (Å²) in [5, 5.41) is 0. The van der Waals surface area contributed by atoms with Crippen molar-refractivity contribution in [1.82, 2.24) is 0 Å².